The zero-order valence-electron chi connectivity index (χ0n) is 7.63. The number of aromatic amines is 1. The van der Waals surface area contributed by atoms with E-state index in [0.29, 0.717) is 5.82 Å². The van der Waals surface area contributed by atoms with Crippen molar-refractivity contribution in [3.63, 3.8) is 0 Å². The maximum atomic E-state index is 11.3. The normalized spacial score (nSPS) is 10.7. The van der Waals surface area contributed by atoms with E-state index in [2.05, 4.69) is 20.5 Å². The van der Waals surface area contributed by atoms with Gasteiger partial charge in [-0.15, -0.1) is 16.4 Å². The Morgan fingerprint density at radius 1 is 1.57 bits per heavy atom. The van der Waals surface area contributed by atoms with Gasteiger partial charge in [0.15, 0.2) is 5.82 Å². The SMILES string of the molecule is CSc1ncn(C)c1-n1nn[nH]c1=O. The fourth-order valence-corrected chi connectivity index (χ4v) is 1.69. The van der Waals surface area contributed by atoms with E-state index in [0.717, 1.165) is 5.03 Å². The highest BCUT2D eigenvalue weighted by atomic mass is 32.2. The van der Waals surface area contributed by atoms with Crippen LogP contribution in [0.15, 0.2) is 16.1 Å². The predicted octanol–water partition coefficient (Wildman–Crippen LogP) is -0.589. The number of nitrogens with one attached hydrogen (secondary N) is 1. The minimum atomic E-state index is -0.371. The Bertz CT molecular complexity index is 496. The Hall–Kier alpha value is -1.57. The molecule has 0 bridgehead atoms. The number of hydrogen-bond acceptors (Lipinski definition) is 5. The van der Waals surface area contributed by atoms with Gasteiger partial charge in [-0.25, -0.2) is 14.9 Å². The van der Waals surface area contributed by atoms with E-state index >= 15 is 0 Å². The Morgan fingerprint density at radius 3 is 2.93 bits per heavy atom. The Kier molecular flexibility index (Phi) is 2.12. The molecule has 0 unspecified atom stereocenters. The molecule has 0 spiro atoms. The fourth-order valence-electron chi connectivity index (χ4n) is 1.12. The number of nitrogens with zero attached hydrogens (tertiary/aromatic N) is 5. The first-order valence-electron chi connectivity index (χ1n) is 3.80. The summed E-state index contributed by atoms with van der Waals surface area (Å²) >= 11 is 1.45. The van der Waals surface area contributed by atoms with Crippen molar-refractivity contribution in [3.05, 3.63) is 16.8 Å². The molecule has 0 atom stereocenters. The molecule has 2 aromatic rings. The third-order valence-corrected chi connectivity index (χ3v) is 2.41. The van der Waals surface area contributed by atoms with Gasteiger partial charge in [-0.05, 0) is 16.7 Å². The third kappa shape index (κ3) is 1.23. The fraction of sp³-hybridized carbons (Fsp3) is 0.333. The lowest BCUT2D eigenvalue weighted by atomic mass is 10.7. The van der Waals surface area contributed by atoms with Crippen LogP contribution in [0.1, 0.15) is 0 Å². The van der Waals surface area contributed by atoms with Crippen LogP contribution >= 0.6 is 11.8 Å². The number of imidazole rings is 1. The number of rotatable bonds is 2. The molecule has 0 aliphatic rings. The van der Waals surface area contributed by atoms with Crippen molar-refractivity contribution in [3.8, 4) is 5.82 Å². The first-order valence-corrected chi connectivity index (χ1v) is 5.02. The summed E-state index contributed by atoms with van der Waals surface area (Å²) in [6.45, 7) is 0. The summed E-state index contributed by atoms with van der Waals surface area (Å²) in [6.07, 6.45) is 3.51. The van der Waals surface area contributed by atoms with Crippen molar-refractivity contribution in [1.82, 2.24) is 29.8 Å². The highest BCUT2D eigenvalue weighted by molar-refractivity contribution is 7.98. The molecule has 0 radical (unpaired) electrons. The van der Waals surface area contributed by atoms with E-state index in [1.165, 1.54) is 16.4 Å². The number of aryl methyl sites for hydroxylation is 1. The van der Waals surface area contributed by atoms with Crippen LogP contribution in [0, 0.1) is 0 Å². The first kappa shape index (κ1) is 9.00. The largest absolute Gasteiger partial charge is 0.367 e. The lowest BCUT2D eigenvalue weighted by Gasteiger charge is -2.00. The van der Waals surface area contributed by atoms with Crippen LogP contribution in [-0.4, -0.2) is 36.0 Å². The van der Waals surface area contributed by atoms with E-state index in [1.807, 2.05) is 6.26 Å². The zero-order valence-corrected chi connectivity index (χ0v) is 8.45. The second-order valence-electron chi connectivity index (χ2n) is 2.61. The molecule has 0 aliphatic heterocycles. The zero-order chi connectivity index (χ0) is 10.1. The van der Waals surface area contributed by atoms with E-state index in [-0.39, 0.29) is 5.69 Å². The Balaban J connectivity index is 2.66. The summed E-state index contributed by atoms with van der Waals surface area (Å²) in [6, 6.07) is 0. The number of aromatic nitrogens is 6. The summed E-state index contributed by atoms with van der Waals surface area (Å²) < 4.78 is 2.90. The number of H-pyrrole nitrogens is 1. The second kappa shape index (κ2) is 3.29. The van der Waals surface area contributed by atoms with Crippen molar-refractivity contribution in [2.75, 3.05) is 6.26 Å². The van der Waals surface area contributed by atoms with Crippen molar-refractivity contribution in [2.24, 2.45) is 7.05 Å². The predicted molar refractivity (Wildman–Crippen MR) is 50.5 cm³/mol. The van der Waals surface area contributed by atoms with Gasteiger partial charge in [0.25, 0.3) is 0 Å². The molecule has 0 saturated carbocycles. The van der Waals surface area contributed by atoms with Gasteiger partial charge in [0.05, 0.1) is 6.33 Å². The van der Waals surface area contributed by atoms with Gasteiger partial charge in [0.1, 0.15) is 5.03 Å². The van der Waals surface area contributed by atoms with Crippen LogP contribution in [0.5, 0.6) is 0 Å². The van der Waals surface area contributed by atoms with Crippen molar-refractivity contribution >= 4 is 11.8 Å². The molecule has 0 fully saturated rings. The maximum absolute atomic E-state index is 11.3. The Morgan fingerprint density at radius 2 is 2.36 bits per heavy atom. The highest BCUT2D eigenvalue weighted by Gasteiger charge is 2.13. The molecule has 8 heteroatoms. The molecular weight excluding hydrogens is 204 g/mol. The summed E-state index contributed by atoms with van der Waals surface area (Å²) in [4.78, 5) is 15.4. The van der Waals surface area contributed by atoms with Crippen LogP contribution < -0.4 is 5.69 Å². The molecule has 74 valence electrons. The molecule has 1 N–H and O–H groups in total. The minimum absolute atomic E-state index is 0.371. The maximum Gasteiger partial charge on any atom is 0.367 e. The Labute approximate surface area is 83.1 Å². The molecule has 14 heavy (non-hydrogen) atoms. The summed E-state index contributed by atoms with van der Waals surface area (Å²) in [5.74, 6) is 0.622. The van der Waals surface area contributed by atoms with Crippen molar-refractivity contribution < 1.29 is 0 Å². The van der Waals surface area contributed by atoms with Crippen LogP contribution in [-0.2, 0) is 7.05 Å². The van der Waals surface area contributed by atoms with E-state index < -0.39 is 0 Å². The van der Waals surface area contributed by atoms with E-state index in [9.17, 15) is 4.79 Å². The molecule has 0 aliphatic carbocycles. The van der Waals surface area contributed by atoms with Gasteiger partial charge in [-0.3, -0.25) is 0 Å². The van der Waals surface area contributed by atoms with Crippen LogP contribution in [0.2, 0.25) is 0 Å². The van der Waals surface area contributed by atoms with E-state index in [4.69, 9.17) is 0 Å². The van der Waals surface area contributed by atoms with Gasteiger partial charge in [0, 0.05) is 7.05 Å². The molecule has 2 rings (SSSR count). The number of thioether (sulfide) groups is 1. The molecule has 2 heterocycles. The molecular formula is C6H8N6OS. The molecule has 0 saturated heterocycles. The second-order valence-corrected chi connectivity index (χ2v) is 3.40. The number of tetrazole rings is 1. The van der Waals surface area contributed by atoms with Crippen LogP contribution in [0.4, 0.5) is 0 Å². The standard InChI is InChI=1S/C6H8N6OS/c1-11-3-7-4(14-2)5(11)12-6(13)8-9-10-12/h3H,1-2H3,(H,8,10,13). The molecule has 7 nitrogen and oxygen atoms in total. The quantitative estimate of drug-likeness (QED) is 0.673. The van der Waals surface area contributed by atoms with Crippen molar-refractivity contribution in [1.29, 1.82) is 0 Å². The summed E-state index contributed by atoms with van der Waals surface area (Å²) in [5.41, 5.74) is -0.371. The topological polar surface area (TPSA) is 81.4 Å². The van der Waals surface area contributed by atoms with Gasteiger partial charge in [-0.1, -0.05) is 0 Å². The average molecular weight is 212 g/mol. The third-order valence-electron chi connectivity index (χ3n) is 1.74. The molecule has 0 amide bonds. The average Bonchev–Trinajstić information content (AvgIpc) is 2.72. The van der Waals surface area contributed by atoms with Crippen LogP contribution in [0.25, 0.3) is 5.82 Å². The monoisotopic (exact) mass is 212 g/mol. The van der Waals surface area contributed by atoms with Gasteiger partial charge >= 0.3 is 5.69 Å². The van der Waals surface area contributed by atoms with Crippen molar-refractivity contribution in [2.45, 2.75) is 5.03 Å². The van der Waals surface area contributed by atoms with Crippen LogP contribution in [0.3, 0.4) is 0 Å². The highest BCUT2D eigenvalue weighted by Crippen LogP contribution is 2.19. The van der Waals surface area contributed by atoms with E-state index in [1.54, 1.807) is 17.9 Å². The summed E-state index contributed by atoms with van der Waals surface area (Å²) in [5, 5.41) is 10.0. The first-order chi connectivity index (χ1) is 6.74. The lowest BCUT2D eigenvalue weighted by Crippen LogP contribution is -2.19. The summed E-state index contributed by atoms with van der Waals surface area (Å²) in [7, 11) is 1.79. The van der Waals surface area contributed by atoms with Gasteiger partial charge < -0.3 is 4.57 Å². The van der Waals surface area contributed by atoms with Gasteiger partial charge in [-0.2, -0.15) is 0 Å². The lowest BCUT2D eigenvalue weighted by molar-refractivity contribution is 0.709. The molecule has 0 aromatic carbocycles. The molecule has 2 aromatic heterocycles. The smallest absolute Gasteiger partial charge is 0.318 e. The minimum Gasteiger partial charge on any atom is -0.318 e. The van der Waals surface area contributed by atoms with Gasteiger partial charge in [0.2, 0.25) is 0 Å². The number of hydrogen-bond donors (Lipinski definition) is 1.